The van der Waals surface area contributed by atoms with E-state index in [0.717, 1.165) is 12.1 Å². The average molecular weight is 441 g/mol. The van der Waals surface area contributed by atoms with Crippen molar-refractivity contribution >= 4 is 5.91 Å². The molecule has 0 fully saturated rings. The number of hydrogen-bond acceptors (Lipinski definition) is 4. The molecule has 0 saturated carbocycles. The lowest BCUT2D eigenvalue weighted by Crippen LogP contribution is -2.24. The molecule has 1 amide bonds. The number of rotatable bonds is 5. The summed E-state index contributed by atoms with van der Waals surface area (Å²) in [7, 11) is 0. The highest BCUT2D eigenvalue weighted by atomic mass is 19.4. The summed E-state index contributed by atoms with van der Waals surface area (Å²) in [6.45, 7) is -0.0852. The van der Waals surface area contributed by atoms with E-state index in [9.17, 15) is 22.4 Å². The molecule has 32 heavy (non-hydrogen) atoms. The van der Waals surface area contributed by atoms with Gasteiger partial charge in [-0.05, 0) is 41.5 Å². The molecule has 0 unspecified atom stereocenters. The van der Waals surface area contributed by atoms with Crippen LogP contribution in [0.5, 0.6) is 0 Å². The zero-order valence-corrected chi connectivity index (χ0v) is 16.4. The summed E-state index contributed by atoms with van der Waals surface area (Å²) in [6, 6.07) is 17.0. The van der Waals surface area contributed by atoms with Crippen LogP contribution in [0.15, 0.2) is 77.3 Å². The summed E-state index contributed by atoms with van der Waals surface area (Å²) in [5.74, 6) is -0.865. The molecule has 162 valence electrons. The lowest BCUT2D eigenvalue weighted by molar-refractivity contribution is -0.137. The molecule has 0 saturated heterocycles. The van der Waals surface area contributed by atoms with Gasteiger partial charge in [0.2, 0.25) is 0 Å². The van der Waals surface area contributed by atoms with Crippen LogP contribution >= 0.6 is 0 Å². The van der Waals surface area contributed by atoms with E-state index in [1.165, 1.54) is 30.3 Å². The number of alkyl halides is 3. The van der Waals surface area contributed by atoms with Crippen LogP contribution in [-0.4, -0.2) is 16.0 Å². The first-order chi connectivity index (χ1) is 15.3. The van der Waals surface area contributed by atoms with Gasteiger partial charge in [0.05, 0.1) is 17.7 Å². The van der Waals surface area contributed by atoms with Gasteiger partial charge in [0.15, 0.2) is 5.82 Å². The zero-order chi connectivity index (χ0) is 22.7. The number of carbonyl (C=O) groups excluding carboxylic acids is 1. The van der Waals surface area contributed by atoms with Gasteiger partial charge in [0.25, 0.3) is 11.8 Å². The average Bonchev–Trinajstić information content (AvgIpc) is 3.26. The molecule has 0 atom stereocenters. The van der Waals surface area contributed by atoms with E-state index in [0.29, 0.717) is 11.1 Å². The van der Waals surface area contributed by atoms with E-state index < -0.39 is 23.5 Å². The van der Waals surface area contributed by atoms with Gasteiger partial charge in [-0.15, -0.1) is 0 Å². The van der Waals surface area contributed by atoms with Crippen molar-refractivity contribution in [3.8, 4) is 22.6 Å². The first kappa shape index (κ1) is 21.2. The Hall–Kier alpha value is -4.01. The van der Waals surface area contributed by atoms with Crippen molar-refractivity contribution in [3.05, 3.63) is 95.6 Å². The number of aromatic nitrogens is 2. The molecular formula is C23H15F4N3O2. The van der Waals surface area contributed by atoms with Gasteiger partial charge in [-0.3, -0.25) is 4.79 Å². The van der Waals surface area contributed by atoms with E-state index in [4.69, 9.17) is 4.52 Å². The molecule has 0 aliphatic rings. The van der Waals surface area contributed by atoms with E-state index in [1.54, 1.807) is 30.3 Å². The van der Waals surface area contributed by atoms with Gasteiger partial charge in [0, 0.05) is 5.56 Å². The largest absolute Gasteiger partial charge is 0.416 e. The minimum Gasteiger partial charge on any atom is -0.345 e. The van der Waals surface area contributed by atoms with Crippen molar-refractivity contribution in [1.82, 2.24) is 15.5 Å². The van der Waals surface area contributed by atoms with Crippen molar-refractivity contribution in [2.24, 2.45) is 0 Å². The zero-order valence-electron chi connectivity index (χ0n) is 16.4. The molecule has 9 heteroatoms. The van der Waals surface area contributed by atoms with Crippen LogP contribution in [-0.2, 0) is 12.7 Å². The second-order valence-corrected chi connectivity index (χ2v) is 6.80. The van der Waals surface area contributed by atoms with Crippen LogP contribution in [0.1, 0.15) is 21.7 Å². The molecule has 0 radical (unpaired) electrons. The Balaban J connectivity index is 1.50. The summed E-state index contributed by atoms with van der Waals surface area (Å²) < 4.78 is 57.4. The van der Waals surface area contributed by atoms with E-state index >= 15 is 0 Å². The van der Waals surface area contributed by atoms with Crippen molar-refractivity contribution in [2.75, 3.05) is 0 Å². The first-order valence-corrected chi connectivity index (χ1v) is 9.45. The molecule has 0 aliphatic carbocycles. The van der Waals surface area contributed by atoms with Crippen LogP contribution < -0.4 is 5.32 Å². The molecule has 5 nitrogen and oxygen atoms in total. The first-order valence-electron chi connectivity index (χ1n) is 9.45. The van der Waals surface area contributed by atoms with Crippen molar-refractivity contribution in [1.29, 1.82) is 0 Å². The Labute approximate surface area is 179 Å². The number of benzene rings is 3. The molecule has 3 aromatic carbocycles. The smallest absolute Gasteiger partial charge is 0.345 e. The summed E-state index contributed by atoms with van der Waals surface area (Å²) in [5, 5.41) is 6.38. The molecule has 0 spiro atoms. The molecular weight excluding hydrogens is 426 g/mol. The highest BCUT2D eigenvalue weighted by molar-refractivity contribution is 6.00. The molecule has 1 heterocycles. The number of carbonyl (C=O) groups is 1. The van der Waals surface area contributed by atoms with Crippen LogP contribution in [0, 0.1) is 5.82 Å². The molecule has 4 aromatic rings. The summed E-state index contributed by atoms with van der Waals surface area (Å²) in [5.41, 5.74) is 0.574. The van der Waals surface area contributed by atoms with Gasteiger partial charge in [0.1, 0.15) is 5.82 Å². The molecule has 0 aliphatic heterocycles. The highest BCUT2D eigenvalue weighted by Gasteiger charge is 2.30. The third-order valence-corrected chi connectivity index (χ3v) is 4.67. The summed E-state index contributed by atoms with van der Waals surface area (Å²) in [6.07, 6.45) is -4.44. The third-order valence-electron chi connectivity index (χ3n) is 4.67. The summed E-state index contributed by atoms with van der Waals surface area (Å²) >= 11 is 0. The number of hydrogen-bond donors (Lipinski definition) is 1. The van der Waals surface area contributed by atoms with Crippen molar-refractivity contribution in [3.63, 3.8) is 0 Å². The van der Waals surface area contributed by atoms with Gasteiger partial charge in [-0.25, -0.2) is 4.39 Å². The van der Waals surface area contributed by atoms with Crippen molar-refractivity contribution < 1.29 is 26.9 Å². The van der Waals surface area contributed by atoms with E-state index in [1.807, 2.05) is 0 Å². The topological polar surface area (TPSA) is 68.0 Å². The van der Waals surface area contributed by atoms with E-state index in [-0.39, 0.29) is 29.4 Å². The Morgan fingerprint density at radius 1 is 0.906 bits per heavy atom. The summed E-state index contributed by atoms with van der Waals surface area (Å²) in [4.78, 5) is 16.8. The predicted octanol–water partition coefficient (Wildman–Crippen LogP) is 5.49. The van der Waals surface area contributed by atoms with Crippen LogP contribution in [0.2, 0.25) is 0 Å². The lowest BCUT2D eigenvalue weighted by atomic mass is 9.98. The quantitative estimate of drug-likeness (QED) is 0.416. The standard InChI is InChI=1S/C23H15F4N3O2/c24-19-8-4-3-7-18(19)22-29-20(30-32-22)13-28-21(31)17-6-2-1-5-16(17)14-9-11-15(12-10-14)23(25,26)27/h1-12H,13H2,(H,28,31). The molecule has 0 bridgehead atoms. The van der Waals surface area contributed by atoms with Gasteiger partial charge >= 0.3 is 6.18 Å². The van der Waals surface area contributed by atoms with Gasteiger partial charge in [-0.1, -0.05) is 47.6 Å². The minimum absolute atomic E-state index is 0.0162. The monoisotopic (exact) mass is 441 g/mol. The SMILES string of the molecule is O=C(NCc1noc(-c2ccccc2F)n1)c1ccccc1-c1ccc(C(F)(F)F)cc1. The van der Waals surface area contributed by atoms with Crippen LogP contribution in [0.4, 0.5) is 17.6 Å². The predicted molar refractivity (Wildman–Crippen MR) is 108 cm³/mol. The Morgan fingerprint density at radius 2 is 1.56 bits per heavy atom. The van der Waals surface area contributed by atoms with Crippen LogP contribution in [0.3, 0.4) is 0 Å². The maximum absolute atomic E-state index is 13.9. The maximum Gasteiger partial charge on any atom is 0.416 e. The Morgan fingerprint density at radius 3 is 2.25 bits per heavy atom. The Kier molecular flexibility index (Phi) is 5.72. The van der Waals surface area contributed by atoms with Crippen LogP contribution in [0.25, 0.3) is 22.6 Å². The second-order valence-electron chi connectivity index (χ2n) is 6.80. The van der Waals surface area contributed by atoms with Gasteiger partial charge < -0.3 is 9.84 Å². The number of nitrogens with zero attached hydrogens (tertiary/aromatic N) is 2. The maximum atomic E-state index is 13.9. The fourth-order valence-corrected chi connectivity index (χ4v) is 3.10. The number of amides is 1. The minimum atomic E-state index is -4.44. The highest BCUT2D eigenvalue weighted by Crippen LogP contribution is 2.32. The second kappa shape index (κ2) is 8.62. The van der Waals surface area contributed by atoms with E-state index in [2.05, 4.69) is 15.5 Å². The Bertz CT molecular complexity index is 1250. The fourth-order valence-electron chi connectivity index (χ4n) is 3.10. The fraction of sp³-hybridized carbons (Fsp3) is 0.0870. The normalized spacial score (nSPS) is 11.4. The third kappa shape index (κ3) is 4.51. The molecule has 4 rings (SSSR count). The van der Waals surface area contributed by atoms with Crippen molar-refractivity contribution in [2.45, 2.75) is 12.7 Å². The number of halogens is 4. The number of nitrogens with one attached hydrogen (secondary N) is 1. The molecule has 1 aromatic heterocycles. The lowest BCUT2D eigenvalue weighted by Gasteiger charge is -2.11. The molecule has 1 N–H and O–H groups in total. The van der Waals surface area contributed by atoms with Gasteiger partial charge in [-0.2, -0.15) is 18.2 Å².